The average molecular weight is 281 g/mol. The van der Waals surface area contributed by atoms with Gasteiger partial charge in [0.15, 0.2) is 0 Å². The number of rotatable bonds is 4. The number of carbonyl (C=O) groups excluding carboxylic acids is 1. The first kappa shape index (κ1) is 15.0. The summed E-state index contributed by atoms with van der Waals surface area (Å²) in [6.45, 7) is 4.64. The highest BCUT2D eigenvalue weighted by molar-refractivity contribution is 5.92. The summed E-state index contributed by atoms with van der Waals surface area (Å²) in [7, 11) is 1.59. The molecule has 112 valence electrons. The first-order valence-corrected chi connectivity index (χ1v) is 7.13. The van der Waals surface area contributed by atoms with Crippen LogP contribution in [0, 0.1) is 6.92 Å². The molecule has 0 aromatic carbocycles. The molecule has 2 N–H and O–H groups in total. The van der Waals surface area contributed by atoms with E-state index in [0.29, 0.717) is 5.69 Å². The number of hydrogen-bond donors (Lipinski definition) is 2. The molecule has 0 radical (unpaired) electrons. The van der Waals surface area contributed by atoms with Crippen molar-refractivity contribution < 1.29 is 14.6 Å². The Morgan fingerprint density at radius 3 is 2.95 bits per heavy atom. The Morgan fingerprint density at radius 1 is 1.60 bits per heavy atom. The fourth-order valence-corrected chi connectivity index (χ4v) is 2.74. The van der Waals surface area contributed by atoms with Gasteiger partial charge in [-0.15, -0.1) is 0 Å². The number of aliphatic hydroxyl groups excluding tert-OH is 1. The third-order valence-corrected chi connectivity index (χ3v) is 3.93. The zero-order valence-electron chi connectivity index (χ0n) is 12.3. The predicted octanol–water partition coefficient (Wildman–Crippen LogP) is 0.870. The molecule has 1 heterocycles. The zero-order chi connectivity index (χ0) is 14.7. The Hall–Kier alpha value is -1.40. The van der Waals surface area contributed by atoms with Crippen molar-refractivity contribution >= 4 is 5.91 Å². The molecule has 1 amide bonds. The molecular weight excluding hydrogens is 258 g/mol. The van der Waals surface area contributed by atoms with E-state index in [9.17, 15) is 9.90 Å². The van der Waals surface area contributed by atoms with Crippen LogP contribution in [-0.4, -0.2) is 46.2 Å². The van der Waals surface area contributed by atoms with E-state index in [2.05, 4.69) is 10.4 Å². The zero-order valence-corrected chi connectivity index (χ0v) is 12.3. The third kappa shape index (κ3) is 3.02. The maximum absolute atomic E-state index is 12.2. The van der Waals surface area contributed by atoms with Crippen molar-refractivity contribution in [2.75, 3.05) is 7.11 Å². The first-order chi connectivity index (χ1) is 9.56. The van der Waals surface area contributed by atoms with Gasteiger partial charge in [-0.3, -0.25) is 9.48 Å². The first-order valence-electron chi connectivity index (χ1n) is 7.13. The van der Waals surface area contributed by atoms with Gasteiger partial charge in [0.1, 0.15) is 11.8 Å². The van der Waals surface area contributed by atoms with Crippen LogP contribution in [-0.2, 0) is 11.3 Å². The van der Waals surface area contributed by atoms with Gasteiger partial charge >= 0.3 is 0 Å². The topological polar surface area (TPSA) is 76.4 Å². The number of carbonyl (C=O) groups is 1. The van der Waals surface area contributed by atoms with E-state index >= 15 is 0 Å². The van der Waals surface area contributed by atoms with Crippen molar-refractivity contribution in [3.63, 3.8) is 0 Å². The summed E-state index contributed by atoms with van der Waals surface area (Å²) in [5.74, 6) is -0.235. The Labute approximate surface area is 119 Å². The Kier molecular flexibility index (Phi) is 4.77. The average Bonchev–Trinajstić information content (AvgIpc) is 2.82. The van der Waals surface area contributed by atoms with Crippen LogP contribution in [0.15, 0.2) is 6.07 Å². The second kappa shape index (κ2) is 6.37. The van der Waals surface area contributed by atoms with Gasteiger partial charge in [-0.05, 0) is 39.2 Å². The maximum atomic E-state index is 12.2. The minimum atomic E-state index is -0.660. The number of nitrogens with zero attached hydrogens (tertiary/aromatic N) is 2. The SMILES string of the molecule is CCn1nc(C(=O)N[C@@H]2CCC[C@@H](OC)[C@@H]2O)cc1C. The molecule has 0 spiro atoms. The van der Waals surface area contributed by atoms with Crippen LogP contribution in [0.1, 0.15) is 42.4 Å². The van der Waals surface area contributed by atoms with Gasteiger partial charge in [-0.25, -0.2) is 0 Å². The Balaban J connectivity index is 2.03. The largest absolute Gasteiger partial charge is 0.388 e. The van der Waals surface area contributed by atoms with Gasteiger partial charge in [0.05, 0.1) is 12.1 Å². The minimum Gasteiger partial charge on any atom is -0.388 e. The number of aromatic nitrogens is 2. The summed E-state index contributed by atoms with van der Waals surface area (Å²) >= 11 is 0. The molecule has 0 bridgehead atoms. The lowest BCUT2D eigenvalue weighted by Crippen LogP contribution is -2.51. The Morgan fingerprint density at radius 2 is 2.35 bits per heavy atom. The summed E-state index contributed by atoms with van der Waals surface area (Å²) in [4.78, 5) is 12.2. The molecular formula is C14H23N3O3. The van der Waals surface area contributed by atoms with Gasteiger partial charge in [-0.2, -0.15) is 5.10 Å². The molecule has 1 aliphatic rings. The molecule has 0 saturated heterocycles. The van der Waals surface area contributed by atoms with E-state index in [-0.39, 0.29) is 18.1 Å². The normalized spacial score (nSPS) is 26.5. The molecule has 20 heavy (non-hydrogen) atoms. The van der Waals surface area contributed by atoms with Crippen LogP contribution >= 0.6 is 0 Å². The van der Waals surface area contributed by atoms with Crippen LogP contribution < -0.4 is 5.32 Å². The highest BCUT2D eigenvalue weighted by Gasteiger charge is 2.33. The fourth-order valence-electron chi connectivity index (χ4n) is 2.74. The fraction of sp³-hybridized carbons (Fsp3) is 0.714. The number of ether oxygens (including phenoxy) is 1. The summed E-state index contributed by atoms with van der Waals surface area (Å²) in [5, 5.41) is 17.3. The highest BCUT2D eigenvalue weighted by Crippen LogP contribution is 2.21. The molecule has 1 aliphatic carbocycles. The predicted molar refractivity (Wildman–Crippen MR) is 74.5 cm³/mol. The van der Waals surface area contributed by atoms with Crippen LogP contribution in [0.2, 0.25) is 0 Å². The van der Waals surface area contributed by atoms with Gasteiger partial charge < -0.3 is 15.2 Å². The third-order valence-electron chi connectivity index (χ3n) is 3.93. The van der Waals surface area contributed by atoms with Gasteiger partial charge in [-0.1, -0.05) is 0 Å². The van der Waals surface area contributed by atoms with Crippen molar-refractivity contribution in [1.82, 2.24) is 15.1 Å². The lowest BCUT2D eigenvalue weighted by molar-refractivity contribution is -0.0513. The minimum absolute atomic E-state index is 0.205. The molecule has 1 saturated carbocycles. The van der Waals surface area contributed by atoms with E-state index in [1.807, 2.05) is 13.8 Å². The molecule has 1 fully saturated rings. The van der Waals surface area contributed by atoms with Crippen molar-refractivity contribution in [2.24, 2.45) is 0 Å². The standard InChI is InChI=1S/C14H23N3O3/c1-4-17-9(2)8-11(16-17)14(19)15-10-6-5-7-12(20-3)13(10)18/h8,10,12-13,18H,4-7H2,1-3H3,(H,15,19)/t10-,12-,13-/m1/s1. The molecule has 1 aromatic rings. The number of aliphatic hydroxyl groups is 1. The van der Waals surface area contributed by atoms with E-state index in [4.69, 9.17) is 4.74 Å². The molecule has 0 unspecified atom stereocenters. The number of hydrogen-bond acceptors (Lipinski definition) is 4. The van der Waals surface area contributed by atoms with E-state index in [1.54, 1.807) is 17.9 Å². The molecule has 2 rings (SSSR count). The second-order valence-corrected chi connectivity index (χ2v) is 5.26. The summed E-state index contributed by atoms with van der Waals surface area (Å²) < 4.78 is 7.02. The second-order valence-electron chi connectivity index (χ2n) is 5.26. The molecule has 6 nitrogen and oxygen atoms in total. The maximum Gasteiger partial charge on any atom is 0.272 e. The summed E-state index contributed by atoms with van der Waals surface area (Å²) in [6, 6.07) is 1.50. The number of aryl methyl sites for hydroxylation is 2. The lowest BCUT2D eigenvalue weighted by Gasteiger charge is -2.34. The van der Waals surface area contributed by atoms with Crippen LogP contribution in [0.4, 0.5) is 0 Å². The summed E-state index contributed by atoms with van der Waals surface area (Å²) in [5.41, 5.74) is 1.35. The number of nitrogens with one attached hydrogen (secondary N) is 1. The quantitative estimate of drug-likeness (QED) is 0.858. The smallest absolute Gasteiger partial charge is 0.272 e. The van der Waals surface area contributed by atoms with Gasteiger partial charge in [0, 0.05) is 19.3 Å². The monoisotopic (exact) mass is 281 g/mol. The van der Waals surface area contributed by atoms with Crippen molar-refractivity contribution in [3.05, 3.63) is 17.5 Å². The molecule has 1 aromatic heterocycles. The van der Waals surface area contributed by atoms with E-state index < -0.39 is 6.10 Å². The Bertz CT molecular complexity index is 472. The van der Waals surface area contributed by atoms with Crippen molar-refractivity contribution in [3.8, 4) is 0 Å². The molecule has 0 aliphatic heterocycles. The van der Waals surface area contributed by atoms with Crippen molar-refractivity contribution in [2.45, 2.75) is 57.9 Å². The van der Waals surface area contributed by atoms with Crippen LogP contribution in [0.25, 0.3) is 0 Å². The van der Waals surface area contributed by atoms with E-state index in [0.717, 1.165) is 31.5 Å². The molecule has 6 heteroatoms. The van der Waals surface area contributed by atoms with Crippen LogP contribution in [0.3, 0.4) is 0 Å². The van der Waals surface area contributed by atoms with Gasteiger partial charge in [0.25, 0.3) is 5.91 Å². The lowest BCUT2D eigenvalue weighted by atomic mass is 9.90. The number of methoxy groups -OCH3 is 1. The molecule has 3 atom stereocenters. The van der Waals surface area contributed by atoms with Gasteiger partial charge in [0.2, 0.25) is 0 Å². The van der Waals surface area contributed by atoms with E-state index in [1.165, 1.54) is 0 Å². The number of amides is 1. The summed E-state index contributed by atoms with van der Waals surface area (Å²) in [6.07, 6.45) is 1.66. The highest BCUT2D eigenvalue weighted by atomic mass is 16.5. The van der Waals surface area contributed by atoms with Crippen LogP contribution in [0.5, 0.6) is 0 Å². The van der Waals surface area contributed by atoms with Crippen molar-refractivity contribution in [1.29, 1.82) is 0 Å².